The van der Waals surface area contributed by atoms with Crippen LogP contribution in [0.1, 0.15) is 5.56 Å². The van der Waals surface area contributed by atoms with Gasteiger partial charge in [0.15, 0.2) is 11.5 Å². The normalized spacial score (nSPS) is 10.9. The molecule has 18 heavy (non-hydrogen) atoms. The highest BCUT2D eigenvalue weighted by Crippen LogP contribution is 2.22. The van der Waals surface area contributed by atoms with Gasteiger partial charge in [0.1, 0.15) is 5.75 Å². The molecule has 0 amide bonds. The molecular formula is C13H12N4O. The lowest BCUT2D eigenvalue weighted by Gasteiger charge is -2.02. The zero-order valence-electron chi connectivity index (χ0n) is 9.61. The first-order valence-corrected chi connectivity index (χ1v) is 5.61. The van der Waals surface area contributed by atoms with Crippen LogP contribution in [0.2, 0.25) is 0 Å². The van der Waals surface area contributed by atoms with Crippen molar-refractivity contribution in [1.82, 2.24) is 14.6 Å². The fourth-order valence-corrected chi connectivity index (χ4v) is 1.90. The van der Waals surface area contributed by atoms with E-state index in [0.29, 0.717) is 12.4 Å². The van der Waals surface area contributed by atoms with Gasteiger partial charge in [-0.25, -0.2) is 0 Å². The Balaban J connectivity index is 2.18. The van der Waals surface area contributed by atoms with Gasteiger partial charge < -0.3 is 10.8 Å². The number of phenols is 1. The SMILES string of the molecule is NCc1ccn2c(-c3cccc(O)c3)nnc2c1. The Morgan fingerprint density at radius 1 is 1.17 bits per heavy atom. The predicted octanol–water partition coefficient (Wildman–Crippen LogP) is 1.56. The van der Waals surface area contributed by atoms with Gasteiger partial charge in [0.25, 0.3) is 0 Å². The number of phenolic OH excluding ortho intramolecular Hbond substituents is 1. The Kier molecular flexibility index (Phi) is 2.46. The fourth-order valence-electron chi connectivity index (χ4n) is 1.90. The Morgan fingerprint density at radius 2 is 2.06 bits per heavy atom. The summed E-state index contributed by atoms with van der Waals surface area (Å²) in [4.78, 5) is 0. The number of rotatable bonds is 2. The van der Waals surface area contributed by atoms with Crippen molar-refractivity contribution < 1.29 is 5.11 Å². The molecule has 1 aromatic carbocycles. The van der Waals surface area contributed by atoms with Crippen molar-refractivity contribution in [2.45, 2.75) is 6.54 Å². The number of pyridine rings is 1. The van der Waals surface area contributed by atoms with E-state index in [1.165, 1.54) is 0 Å². The summed E-state index contributed by atoms with van der Waals surface area (Å²) in [5.74, 6) is 0.910. The van der Waals surface area contributed by atoms with Crippen molar-refractivity contribution in [3.05, 3.63) is 48.2 Å². The molecule has 5 nitrogen and oxygen atoms in total. The molecule has 0 radical (unpaired) electrons. The maximum atomic E-state index is 9.49. The van der Waals surface area contributed by atoms with Crippen LogP contribution in [0.15, 0.2) is 42.6 Å². The van der Waals surface area contributed by atoms with E-state index in [2.05, 4.69) is 10.2 Å². The largest absolute Gasteiger partial charge is 0.508 e. The molecule has 0 aliphatic carbocycles. The molecule has 0 aliphatic heterocycles. The topological polar surface area (TPSA) is 76.4 Å². The number of hydrogen-bond donors (Lipinski definition) is 2. The maximum absolute atomic E-state index is 9.49. The van der Waals surface area contributed by atoms with Crippen LogP contribution in [0.3, 0.4) is 0 Å². The van der Waals surface area contributed by atoms with Crippen LogP contribution in [-0.2, 0) is 6.54 Å². The molecule has 3 rings (SSSR count). The third kappa shape index (κ3) is 1.70. The summed E-state index contributed by atoms with van der Waals surface area (Å²) in [6.07, 6.45) is 1.89. The second-order valence-corrected chi connectivity index (χ2v) is 4.04. The number of fused-ring (bicyclic) bond motifs is 1. The summed E-state index contributed by atoms with van der Waals surface area (Å²) < 4.78 is 1.87. The molecule has 2 aromatic heterocycles. The van der Waals surface area contributed by atoms with Gasteiger partial charge in [0.05, 0.1) is 0 Å². The molecular weight excluding hydrogens is 228 g/mol. The molecule has 3 N–H and O–H groups in total. The first-order chi connectivity index (χ1) is 8.78. The van der Waals surface area contributed by atoms with Crippen molar-refractivity contribution in [3.63, 3.8) is 0 Å². The van der Waals surface area contributed by atoms with Crippen LogP contribution in [0, 0.1) is 0 Å². The Morgan fingerprint density at radius 3 is 2.83 bits per heavy atom. The van der Waals surface area contributed by atoms with Crippen molar-refractivity contribution >= 4 is 5.65 Å². The zero-order chi connectivity index (χ0) is 12.5. The third-order valence-corrected chi connectivity index (χ3v) is 2.81. The van der Waals surface area contributed by atoms with Gasteiger partial charge >= 0.3 is 0 Å². The van der Waals surface area contributed by atoms with E-state index in [4.69, 9.17) is 5.73 Å². The molecule has 0 saturated heterocycles. The number of aromatic hydroxyl groups is 1. The lowest BCUT2D eigenvalue weighted by atomic mass is 10.2. The van der Waals surface area contributed by atoms with E-state index in [-0.39, 0.29) is 5.75 Å². The van der Waals surface area contributed by atoms with Gasteiger partial charge in [-0.3, -0.25) is 4.40 Å². The van der Waals surface area contributed by atoms with E-state index in [1.54, 1.807) is 18.2 Å². The van der Waals surface area contributed by atoms with Gasteiger partial charge in [-0.15, -0.1) is 10.2 Å². The van der Waals surface area contributed by atoms with Crippen molar-refractivity contribution in [2.24, 2.45) is 5.73 Å². The number of hydrogen-bond acceptors (Lipinski definition) is 4. The second-order valence-electron chi connectivity index (χ2n) is 4.04. The quantitative estimate of drug-likeness (QED) is 0.712. The summed E-state index contributed by atoms with van der Waals surface area (Å²) in [5, 5.41) is 17.7. The van der Waals surface area contributed by atoms with E-state index in [0.717, 1.165) is 16.8 Å². The van der Waals surface area contributed by atoms with Crippen LogP contribution >= 0.6 is 0 Å². The van der Waals surface area contributed by atoms with Crippen molar-refractivity contribution in [3.8, 4) is 17.1 Å². The summed E-state index contributed by atoms with van der Waals surface area (Å²) >= 11 is 0. The number of nitrogens with zero attached hydrogens (tertiary/aromatic N) is 3. The number of benzene rings is 1. The highest BCUT2D eigenvalue weighted by atomic mass is 16.3. The highest BCUT2D eigenvalue weighted by Gasteiger charge is 2.08. The molecule has 0 bridgehead atoms. The second kappa shape index (κ2) is 4.12. The molecule has 0 saturated carbocycles. The molecule has 0 atom stereocenters. The standard InChI is InChI=1S/C13H12N4O/c14-8-9-4-5-17-12(6-9)15-16-13(17)10-2-1-3-11(18)7-10/h1-7,18H,8,14H2. The Bertz CT molecular complexity index is 705. The molecule has 0 unspecified atom stereocenters. The van der Waals surface area contributed by atoms with Crippen LogP contribution in [0.5, 0.6) is 5.75 Å². The maximum Gasteiger partial charge on any atom is 0.168 e. The van der Waals surface area contributed by atoms with E-state index < -0.39 is 0 Å². The van der Waals surface area contributed by atoms with Crippen molar-refractivity contribution in [1.29, 1.82) is 0 Å². The van der Waals surface area contributed by atoms with Gasteiger partial charge in [-0.1, -0.05) is 12.1 Å². The first-order valence-electron chi connectivity index (χ1n) is 5.61. The van der Waals surface area contributed by atoms with Gasteiger partial charge in [-0.2, -0.15) is 0 Å². The minimum atomic E-state index is 0.211. The smallest absolute Gasteiger partial charge is 0.168 e. The molecule has 90 valence electrons. The van der Waals surface area contributed by atoms with Gasteiger partial charge in [0, 0.05) is 18.3 Å². The highest BCUT2D eigenvalue weighted by molar-refractivity contribution is 5.61. The minimum Gasteiger partial charge on any atom is -0.508 e. The van der Waals surface area contributed by atoms with E-state index in [1.807, 2.05) is 28.8 Å². The zero-order valence-corrected chi connectivity index (χ0v) is 9.61. The van der Waals surface area contributed by atoms with Crippen molar-refractivity contribution in [2.75, 3.05) is 0 Å². The van der Waals surface area contributed by atoms with Crippen LogP contribution < -0.4 is 5.73 Å². The predicted molar refractivity (Wildman–Crippen MR) is 68.0 cm³/mol. The summed E-state index contributed by atoms with van der Waals surface area (Å²) in [5.41, 5.74) is 8.17. The third-order valence-electron chi connectivity index (χ3n) is 2.81. The van der Waals surface area contributed by atoms with Crippen LogP contribution in [0.25, 0.3) is 17.0 Å². The van der Waals surface area contributed by atoms with Gasteiger partial charge in [0.2, 0.25) is 0 Å². The number of aromatic nitrogens is 3. The number of nitrogens with two attached hydrogens (primary N) is 1. The van der Waals surface area contributed by atoms with Crippen LogP contribution in [0.4, 0.5) is 0 Å². The molecule has 0 spiro atoms. The van der Waals surface area contributed by atoms with Gasteiger partial charge in [-0.05, 0) is 29.8 Å². The average Bonchev–Trinajstić information content (AvgIpc) is 2.81. The fraction of sp³-hybridized carbons (Fsp3) is 0.0769. The molecule has 2 heterocycles. The minimum absolute atomic E-state index is 0.211. The molecule has 3 aromatic rings. The molecule has 5 heteroatoms. The summed E-state index contributed by atoms with van der Waals surface area (Å²) in [6, 6.07) is 10.8. The summed E-state index contributed by atoms with van der Waals surface area (Å²) in [7, 11) is 0. The molecule has 0 aliphatic rings. The summed E-state index contributed by atoms with van der Waals surface area (Å²) in [6.45, 7) is 0.477. The molecule has 0 fully saturated rings. The lowest BCUT2D eigenvalue weighted by molar-refractivity contribution is 0.475. The monoisotopic (exact) mass is 240 g/mol. The lowest BCUT2D eigenvalue weighted by Crippen LogP contribution is -1.97. The Labute approximate surface area is 104 Å². The van der Waals surface area contributed by atoms with E-state index >= 15 is 0 Å². The average molecular weight is 240 g/mol. The van der Waals surface area contributed by atoms with Crippen LogP contribution in [-0.4, -0.2) is 19.7 Å². The Hall–Kier alpha value is -2.40. The first kappa shape index (κ1) is 10.7. The van der Waals surface area contributed by atoms with E-state index in [9.17, 15) is 5.11 Å².